The second-order valence-electron chi connectivity index (χ2n) is 7.40. The molecule has 25 heavy (non-hydrogen) atoms. The molecule has 1 aromatic rings. The predicted octanol–water partition coefficient (Wildman–Crippen LogP) is 2.03. The summed E-state index contributed by atoms with van der Waals surface area (Å²) < 4.78 is 5.21. The van der Waals surface area contributed by atoms with Gasteiger partial charge in [-0.1, -0.05) is 12.1 Å². The van der Waals surface area contributed by atoms with Gasteiger partial charge in [-0.15, -0.1) is 0 Å². The van der Waals surface area contributed by atoms with Crippen molar-refractivity contribution in [2.24, 2.45) is 0 Å². The number of carbonyl (C=O) groups is 2. The van der Waals surface area contributed by atoms with Gasteiger partial charge in [-0.05, 0) is 57.4 Å². The molecule has 3 amide bonds. The summed E-state index contributed by atoms with van der Waals surface area (Å²) in [7, 11) is 1.67. The molecule has 0 radical (unpaired) electrons. The first-order valence-corrected chi connectivity index (χ1v) is 8.92. The lowest BCUT2D eigenvalue weighted by Gasteiger charge is -2.26. The number of hydrogen-bond donors (Lipinski definition) is 1. The zero-order valence-corrected chi connectivity index (χ0v) is 15.2. The fourth-order valence-electron chi connectivity index (χ4n) is 3.70. The topological polar surface area (TPSA) is 61.9 Å². The van der Waals surface area contributed by atoms with Gasteiger partial charge in [0.15, 0.2) is 0 Å². The average Bonchev–Trinajstić information content (AvgIpc) is 3.09. The molecule has 6 heteroatoms. The van der Waals surface area contributed by atoms with E-state index in [1.54, 1.807) is 21.0 Å². The van der Waals surface area contributed by atoms with Crippen molar-refractivity contribution in [3.8, 4) is 5.75 Å². The summed E-state index contributed by atoms with van der Waals surface area (Å²) in [6, 6.07) is 8.38. The quantitative estimate of drug-likeness (QED) is 0.802. The van der Waals surface area contributed by atoms with Crippen LogP contribution in [0.2, 0.25) is 0 Å². The Bertz CT molecular complexity index is 642. The number of nitrogens with zero attached hydrogens (tertiary/aromatic N) is 2. The fraction of sp³-hybridized carbons (Fsp3) is 0.579. The molecule has 0 unspecified atom stereocenters. The van der Waals surface area contributed by atoms with Crippen molar-refractivity contribution in [2.45, 2.75) is 44.7 Å². The first-order valence-electron chi connectivity index (χ1n) is 8.92. The van der Waals surface area contributed by atoms with E-state index in [0.717, 1.165) is 38.1 Å². The monoisotopic (exact) mass is 345 g/mol. The van der Waals surface area contributed by atoms with Gasteiger partial charge < -0.3 is 10.1 Å². The molecule has 2 saturated heterocycles. The Hall–Kier alpha value is -2.08. The maximum Gasteiger partial charge on any atom is 0.325 e. The number of imide groups is 1. The first kappa shape index (κ1) is 17.7. The van der Waals surface area contributed by atoms with E-state index in [-0.39, 0.29) is 11.9 Å². The third kappa shape index (κ3) is 3.79. The number of benzene rings is 1. The largest absolute Gasteiger partial charge is 0.497 e. The van der Waals surface area contributed by atoms with Gasteiger partial charge in [-0.25, -0.2) is 4.79 Å². The van der Waals surface area contributed by atoms with Gasteiger partial charge in [0, 0.05) is 19.1 Å². The summed E-state index contributed by atoms with van der Waals surface area (Å²) in [5, 5.41) is 2.74. The van der Waals surface area contributed by atoms with E-state index >= 15 is 0 Å². The average molecular weight is 345 g/mol. The molecule has 2 fully saturated rings. The fourth-order valence-corrected chi connectivity index (χ4v) is 3.70. The van der Waals surface area contributed by atoms with Gasteiger partial charge in [-0.2, -0.15) is 0 Å². The molecule has 0 saturated carbocycles. The summed E-state index contributed by atoms with van der Waals surface area (Å²) in [6.45, 7) is 5.70. The van der Waals surface area contributed by atoms with Crippen LogP contribution in [0.4, 0.5) is 4.79 Å². The number of ether oxygens (including phenoxy) is 1. The highest BCUT2D eigenvalue weighted by atomic mass is 16.5. The van der Waals surface area contributed by atoms with Crippen molar-refractivity contribution in [3.63, 3.8) is 0 Å². The first-order chi connectivity index (χ1) is 11.9. The second kappa shape index (κ2) is 7.04. The summed E-state index contributed by atoms with van der Waals surface area (Å²) in [5.41, 5.74) is 0.499. The minimum atomic E-state index is -0.787. The van der Waals surface area contributed by atoms with Crippen molar-refractivity contribution < 1.29 is 14.3 Å². The molecule has 0 spiro atoms. The maximum absolute atomic E-state index is 12.3. The van der Waals surface area contributed by atoms with Crippen molar-refractivity contribution in [2.75, 3.05) is 26.7 Å². The molecule has 2 aliphatic rings. The van der Waals surface area contributed by atoms with Gasteiger partial charge in [0.05, 0.1) is 7.11 Å². The molecule has 3 rings (SSSR count). The summed E-state index contributed by atoms with van der Waals surface area (Å²) in [5.74, 6) is 0.733. The molecule has 0 aromatic heterocycles. The van der Waals surface area contributed by atoms with Crippen LogP contribution in [0.1, 0.15) is 32.3 Å². The lowest BCUT2D eigenvalue weighted by Crippen LogP contribution is -2.43. The number of urea groups is 1. The molecule has 2 heterocycles. The maximum atomic E-state index is 12.3. The third-order valence-electron chi connectivity index (χ3n) is 5.18. The normalized spacial score (nSPS) is 23.2. The summed E-state index contributed by atoms with van der Waals surface area (Å²) >= 11 is 0. The molecular formula is C19H27N3O3. The van der Waals surface area contributed by atoms with Gasteiger partial charge in [0.2, 0.25) is 0 Å². The van der Waals surface area contributed by atoms with E-state index in [0.29, 0.717) is 12.6 Å². The predicted molar refractivity (Wildman–Crippen MR) is 95.6 cm³/mol. The summed E-state index contributed by atoms with van der Waals surface area (Å²) in [6.07, 6.45) is 3.29. The number of amides is 3. The zero-order chi connectivity index (χ0) is 18.0. The van der Waals surface area contributed by atoms with Crippen LogP contribution in [0.25, 0.3) is 0 Å². The van der Waals surface area contributed by atoms with Crippen LogP contribution in [0, 0.1) is 0 Å². The third-order valence-corrected chi connectivity index (χ3v) is 5.18. The Kier molecular flexibility index (Phi) is 4.99. The van der Waals surface area contributed by atoms with Crippen LogP contribution >= 0.6 is 0 Å². The van der Waals surface area contributed by atoms with Crippen molar-refractivity contribution in [1.82, 2.24) is 15.1 Å². The van der Waals surface area contributed by atoms with E-state index in [1.165, 1.54) is 10.5 Å². The number of nitrogens with one attached hydrogen (secondary N) is 1. The Morgan fingerprint density at radius 3 is 2.52 bits per heavy atom. The Balaban J connectivity index is 1.57. The Morgan fingerprint density at radius 2 is 1.92 bits per heavy atom. The highest BCUT2D eigenvalue weighted by molar-refractivity contribution is 6.06. The van der Waals surface area contributed by atoms with Gasteiger partial charge in [-0.3, -0.25) is 14.6 Å². The highest BCUT2D eigenvalue weighted by Gasteiger charge is 2.44. The van der Waals surface area contributed by atoms with E-state index in [2.05, 4.69) is 22.3 Å². The van der Waals surface area contributed by atoms with Crippen LogP contribution in [0.15, 0.2) is 24.3 Å². The molecular weight excluding hydrogens is 318 g/mol. The van der Waals surface area contributed by atoms with Gasteiger partial charge in [0.1, 0.15) is 11.3 Å². The van der Waals surface area contributed by atoms with Gasteiger partial charge in [0.25, 0.3) is 5.91 Å². The minimum Gasteiger partial charge on any atom is -0.497 e. The van der Waals surface area contributed by atoms with E-state index in [9.17, 15) is 9.59 Å². The molecule has 0 aliphatic carbocycles. The van der Waals surface area contributed by atoms with E-state index in [1.807, 2.05) is 12.1 Å². The van der Waals surface area contributed by atoms with E-state index in [4.69, 9.17) is 4.74 Å². The van der Waals surface area contributed by atoms with Gasteiger partial charge >= 0.3 is 6.03 Å². The standard InChI is InChI=1S/C19H27N3O3/c1-19(2)17(23)22(18(24)20-19)12-11-21-10-4-5-15(21)13-14-6-8-16(25-3)9-7-14/h6-9,15H,4-5,10-13H2,1-3H3,(H,20,24)/t15-/m0/s1. The number of likely N-dealkylation sites (tertiary alicyclic amines) is 1. The summed E-state index contributed by atoms with van der Waals surface area (Å²) in [4.78, 5) is 28.0. The smallest absolute Gasteiger partial charge is 0.325 e. The molecule has 0 bridgehead atoms. The molecule has 1 N–H and O–H groups in total. The van der Waals surface area contributed by atoms with Crippen LogP contribution < -0.4 is 10.1 Å². The molecule has 2 aliphatic heterocycles. The molecule has 1 aromatic carbocycles. The Labute approximate surface area is 149 Å². The molecule has 1 atom stereocenters. The molecule has 136 valence electrons. The second-order valence-corrected chi connectivity index (χ2v) is 7.40. The molecule has 6 nitrogen and oxygen atoms in total. The lowest BCUT2D eigenvalue weighted by molar-refractivity contribution is -0.130. The van der Waals surface area contributed by atoms with Crippen molar-refractivity contribution in [3.05, 3.63) is 29.8 Å². The van der Waals surface area contributed by atoms with Crippen LogP contribution in [-0.2, 0) is 11.2 Å². The van der Waals surface area contributed by atoms with Crippen LogP contribution in [0.3, 0.4) is 0 Å². The zero-order valence-electron chi connectivity index (χ0n) is 15.2. The number of rotatable bonds is 6. The Morgan fingerprint density at radius 1 is 1.20 bits per heavy atom. The SMILES string of the molecule is COc1ccc(C[C@@H]2CCCN2CCN2C(=O)NC(C)(C)C2=O)cc1. The highest BCUT2D eigenvalue weighted by Crippen LogP contribution is 2.23. The lowest BCUT2D eigenvalue weighted by atomic mass is 10.0. The number of hydrogen-bond acceptors (Lipinski definition) is 4. The number of carbonyl (C=O) groups excluding carboxylic acids is 2. The minimum absolute atomic E-state index is 0.136. The van der Waals surface area contributed by atoms with Crippen molar-refractivity contribution >= 4 is 11.9 Å². The van der Waals surface area contributed by atoms with Crippen LogP contribution in [-0.4, -0.2) is 60.1 Å². The van der Waals surface area contributed by atoms with Crippen LogP contribution in [0.5, 0.6) is 5.75 Å². The van der Waals surface area contributed by atoms with E-state index < -0.39 is 5.54 Å². The number of methoxy groups -OCH3 is 1. The van der Waals surface area contributed by atoms with Crippen molar-refractivity contribution in [1.29, 1.82) is 0 Å².